The van der Waals surface area contributed by atoms with Crippen molar-refractivity contribution in [2.24, 2.45) is 0 Å². The predicted octanol–water partition coefficient (Wildman–Crippen LogP) is 0.183. The Hall–Kier alpha value is -0.860. The first-order chi connectivity index (χ1) is 9.56. The van der Waals surface area contributed by atoms with Gasteiger partial charge in [0.25, 0.3) is 0 Å². The Bertz CT molecular complexity index is 500. The number of hydrogen-bond donors (Lipinski definition) is 0. The van der Waals surface area contributed by atoms with E-state index in [1.807, 2.05) is 20.8 Å². The van der Waals surface area contributed by atoms with Gasteiger partial charge in [0, 0.05) is 45.3 Å². The SMILES string of the molecule is CC(C)(C)OC(=O)N1CCN2CCN(S(C)(=O)=O)CC2C1. The highest BCUT2D eigenvalue weighted by Gasteiger charge is 2.37. The molecule has 0 saturated carbocycles. The average molecular weight is 319 g/mol. The summed E-state index contributed by atoms with van der Waals surface area (Å²) < 4.78 is 30.2. The zero-order valence-corrected chi connectivity index (χ0v) is 14.0. The van der Waals surface area contributed by atoms with Crippen molar-refractivity contribution >= 4 is 16.1 Å². The van der Waals surface area contributed by atoms with Gasteiger partial charge in [0.1, 0.15) is 5.60 Å². The molecule has 0 spiro atoms. The van der Waals surface area contributed by atoms with Gasteiger partial charge in [0.2, 0.25) is 10.0 Å². The fraction of sp³-hybridized carbons (Fsp3) is 0.923. The van der Waals surface area contributed by atoms with Crippen molar-refractivity contribution in [2.45, 2.75) is 32.4 Å². The summed E-state index contributed by atoms with van der Waals surface area (Å²) in [5.41, 5.74) is -0.514. The molecule has 0 aliphatic carbocycles. The maximum absolute atomic E-state index is 12.1. The zero-order valence-electron chi connectivity index (χ0n) is 13.2. The van der Waals surface area contributed by atoms with Gasteiger partial charge in [0.05, 0.1) is 6.26 Å². The van der Waals surface area contributed by atoms with Gasteiger partial charge >= 0.3 is 6.09 Å². The minimum Gasteiger partial charge on any atom is -0.444 e. The fourth-order valence-electron chi connectivity index (χ4n) is 2.72. The van der Waals surface area contributed by atoms with Crippen LogP contribution in [0.4, 0.5) is 4.79 Å². The highest BCUT2D eigenvalue weighted by Crippen LogP contribution is 2.19. The summed E-state index contributed by atoms with van der Waals surface area (Å²) in [5.74, 6) is 0. The molecule has 2 saturated heterocycles. The van der Waals surface area contributed by atoms with Crippen molar-refractivity contribution < 1.29 is 17.9 Å². The minimum absolute atomic E-state index is 0.0507. The quantitative estimate of drug-likeness (QED) is 0.690. The van der Waals surface area contributed by atoms with Gasteiger partial charge in [-0.3, -0.25) is 4.90 Å². The van der Waals surface area contributed by atoms with Crippen molar-refractivity contribution in [1.82, 2.24) is 14.1 Å². The van der Waals surface area contributed by atoms with E-state index in [-0.39, 0.29) is 12.1 Å². The number of rotatable bonds is 1. The van der Waals surface area contributed by atoms with E-state index >= 15 is 0 Å². The summed E-state index contributed by atoms with van der Waals surface area (Å²) >= 11 is 0. The molecule has 0 bridgehead atoms. The Labute approximate surface area is 126 Å². The van der Waals surface area contributed by atoms with Crippen LogP contribution >= 0.6 is 0 Å². The lowest BCUT2D eigenvalue weighted by molar-refractivity contribution is -0.00581. The number of sulfonamides is 1. The average Bonchev–Trinajstić information content (AvgIpc) is 2.34. The second kappa shape index (κ2) is 5.73. The van der Waals surface area contributed by atoms with E-state index in [2.05, 4.69) is 4.90 Å². The lowest BCUT2D eigenvalue weighted by Gasteiger charge is -2.46. The highest BCUT2D eigenvalue weighted by atomic mass is 32.2. The second-order valence-electron chi connectivity index (χ2n) is 6.74. The van der Waals surface area contributed by atoms with Crippen LogP contribution in [-0.2, 0) is 14.8 Å². The first-order valence-corrected chi connectivity index (χ1v) is 9.08. The van der Waals surface area contributed by atoms with Crippen LogP contribution in [-0.4, -0.2) is 85.8 Å². The summed E-state index contributed by atoms with van der Waals surface area (Å²) in [7, 11) is -3.17. The van der Waals surface area contributed by atoms with Gasteiger partial charge in [-0.1, -0.05) is 0 Å². The Morgan fingerprint density at radius 3 is 2.29 bits per heavy atom. The molecule has 1 unspecified atom stereocenters. The van der Waals surface area contributed by atoms with Crippen LogP contribution in [0.5, 0.6) is 0 Å². The van der Waals surface area contributed by atoms with E-state index in [0.29, 0.717) is 26.2 Å². The topological polar surface area (TPSA) is 70.2 Å². The van der Waals surface area contributed by atoms with E-state index in [1.165, 1.54) is 10.6 Å². The van der Waals surface area contributed by atoms with E-state index in [1.54, 1.807) is 4.90 Å². The number of carbonyl (C=O) groups excluding carboxylic acids is 1. The van der Waals surface area contributed by atoms with Crippen LogP contribution in [0.1, 0.15) is 20.8 Å². The first-order valence-electron chi connectivity index (χ1n) is 7.23. The van der Waals surface area contributed by atoms with Gasteiger partial charge in [0.15, 0.2) is 0 Å². The molecule has 122 valence electrons. The highest BCUT2D eigenvalue weighted by molar-refractivity contribution is 7.88. The molecule has 0 N–H and O–H groups in total. The third-order valence-electron chi connectivity index (χ3n) is 3.78. The number of piperazine rings is 2. The zero-order chi connectivity index (χ0) is 15.8. The van der Waals surface area contributed by atoms with Gasteiger partial charge in [-0.2, -0.15) is 4.31 Å². The molecule has 0 aromatic carbocycles. The molecule has 0 aromatic rings. The largest absolute Gasteiger partial charge is 0.444 e. The van der Waals surface area contributed by atoms with E-state index < -0.39 is 15.6 Å². The summed E-state index contributed by atoms with van der Waals surface area (Å²) in [6.45, 7) is 9.12. The molecule has 2 fully saturated rings. The van der Waals surface area contributed by atoms with Crippen LogP contribution in [0.25, 0.3) is 0 Å². The first kappa shape index (κ1) is 16.5. The molecule has 8 heteroatoms. The lowest BCUT2D eigenvalue weighted by Crippen LogP contribution is -2.63. The smallest absolute Gasteiger partial charge is 0.410 e. The molecule has 2 aliphatic rings. The Morgan fingerprint density at radius 2 is 1.71 bits per heavy atom. The Kier molecular flexibility index (Phi) is 4.51. The third kappa shape index (κ3) is 4.31. The predicted molar refractivity (Wildman–Crippen MR) is 79.6 cm³/mol. The van der Waals surface area contributed by atoms with Crippen molar-refractivity contribution in [2.75, 3.05) is 45.5 Å². The van der Waals surface area contributed by atoms with Crippen LogP contribution in [0.3, 0.4) is 0 Å². The van der Waals surface area contributed by atoms with Crippen molar-refractivity contribution in [3.63, 3.8) is 0 Å². The lowest BCUT2D eigenvalue weighted by atomic mass is 10.1. The normalized spacial score (nSPS) is 25.5. The Balaban J connectivity index is 1.99. The molecule has 7 nitrogen and oxygen atoms in total. The van der Waals surface area contributed by atoms with E-state index in [4.69, 9.17) is 4.74 Å². The van der Waals surface area contributed by atoms with E-state index in [0.717, 1.165) is 13.1 Å². The van der Waals surface area contributed by atoms with Gasteiger partial charge < -0.3 is 9.64 Å². The summed E-state index contributed by atoms with van der Waals surface area (Å²) in [4.78, 5) is 16.1. The van der Waals surface area contributed by atoms with Gasteiger partial charge in [-0.15, -0.1) is 0 Å². The number of nitrogens with zero attached hydrogens (tertiary/aromatic N) is 3. The molecule has 1 amide bonds. The maximum Gasteiger partial charge on any atom is 0.410 e. The standard InChI is InChI=1S/C13H25N3O4S/c1-13(2,3)20-12(17)15-6-5-14-7-8-16(21(4,18)19)10-11(14)9-15/h11H,5-10H2,1-4H3. The number of fused-ring (bicyclic) bond motifs is 1. The molecule has 0 radical (unpaired) electrons. The molecule has 2 rings (SSSR count). The molecule has 1 atom stereocenters. The van der Waals surface area contributed by atoms with Gasteiger partial charge in [-0.05, 0) is 20.8 Å². The van der Waals surface area contributed by atoms with Crippen LogP contribution in [0.15, 0.2) is 0 Å². The van der Waals surface area contributed by atoms with E-state index in [9.17, 15) is 13.2 Å². The number of ether oxygens (including phenoxy) is 1. The Morgan fingerprint density at radius 1 is 1.10 bits per heavy atom. The monoisotopic (exact) mass is 319 g/mol. The molecule has 2 aliphatic heterocycles. The summed E-state index contributed by atoms with van der Waals surface area (Å²) in [6, 6.07) is 0.0507. The fourth-order valence-corrected chi connectivity index (χ4v) is 3.58. The second-order valence-corrected chi connectivity index (χ2v) is 8.72. The summed E-state index contributed by atoms with van der Waals surface area (Å²) in [5, 5.41) is 0. The molecule has 21 heavy (non-hydrogen) atoms. The number of carbonyl (C=O) groups is 1. The molecular formula is C13H25N3O4S. The molecular weight excluding hydrogens is 294 g/mol. The van der Waals surface area contributed by atoms with Gasteiger partial charge in [-0.25, -0.2) is 13.2 Å². The maximum atomic E-state index is 12.1. The minimum atomic E-state index is -3.17. The summed E-state index contributed by atoms with van der Waals surface area (Å²) in [6.07, 6.45) is 0.913. The van der Waals surface area contributed by atoms with Crippen molar-refractivity contribution in [1.29, 1.82) is 0 Å². The van der Waals surface area contributed by atoms with Crippen molar-refractivity contribution in [3.8, 4) is 0 Å². The van der Waals surface area contributed by atoms with Crippen LogP contribution in [0.2, 0.25) is 0 Å². The molecule has 2 heterocycles. The van der Waals surface area contributed by atoms with Crippen LogP contribution < -0.4 is 0 Å². The third-order valence-corrected chi connectivity index (χ3v) is 5.05. The van der Waals surface area contributed by atoms with Crippen LogP contribution in [0, 0.1) is 0 Å². The number of amides is 1. The molecule has 0 aromatic heterocycles. The van der Waals surface area contributed by atoms with Crippen molar-refractivity contribution in [3.05, 3.63) is 0 Å². The number of hydrogen-bond acceptors (Lipinski definition) is 5.